The largest absolute Gasteiger partial charge is 0.290 e. The van der Waals surface area contributed by atoms with Crippen LogP contribution in [-0.4, -0.2) is 19.1 Å². The average molecular weight is 342 g/mol. The van der Waals surface area contributed by atoms with Crippen molar-refractivity contribution in [3.63, 3.8) is 0 Å². The van der Waals surface area contributed by atoms with E-state index in [0.29, 0.717) is 0 Å². The molecule has 0 saturated carbocycles. The molecule has 0 amide bonds. The lowest BCUT2D eigenvalue weighted by molar-refractivity contribution is 0.909. The highest BCUT2D eigenvalue weighted by Gasteiger charge is 2.21. The zero-order valence-corrected chi connectivity index (χ0v) is 15.6. The molecule has 0 N–H and O–H groups in total. The Labute approximate surface area is 153 Å². The van der Waals surface area contributed by atoms with E-state index in [-0.39, 0.29) is 0 Å². The van der Waals surface area contributed by atoms with Gasteiger partial charge in [0.15, 0.2) is 0 Å². The van der Waals surface area contributed by atoms with Gasteiger partial charge in [-0.15, -0.1) is 0 Å². The first kappa shape index (κ1) is 16.3. The van der Waals surface area contributed by atoms with Gasteiger partial charge in [0.2, 0.25) is 0 Å². The van der Waals surface area contributed by atoms with Crippen molar-refractivity contribution in [3.8, 4) is 22.9 Å². The van der Waals surface area contributed by atoms with Crippen LogP contribution in [0, 0.1) is 27.7 Å². The third kappa shape index (κ3) is 2.64. The fourth-order valence-corrected chi connectivity index (χ4v) is 3.73. The number of aryl methyl sites for hydroxylation is 4. The summed E-state index contributed by atoms with van der Waals surface area (Å²) in [6.07, 6.45) is 5.59. The van der Waals surface area contributed by atoms with E-state index in [4.69, 9.17) is 4.98 Å². The number of hydrogen-bond donors (Lipinski definition) is 0. The van der Waals surface area contributed by atoms with Crippen LogP contribution in [0.1, 0.15) is 22.4 Å². The number of aromatic nitrogens is 4. The summed E-state index contributed by atoms with van der Waals surface area (Å²) in [5, 5.41) is 0. The molecule has 0 radical (unpaired) electrons. The lowest BCUT2D eigenvalue weighted by Crippen LogP contribution is -2.08. The first-order valence-corrected chi connectivity index (χ1v) is 8.77. The maximum atomic E-state index is 4.93. The van der Waals surface area contributed by atoms with E-state index in [2.05, 4.69) is 73.6 Å². The first-order valence-electron chi connectivity index (χ1n) is 8.77. The SMILES string of the molecule is Cc1cc(C)c(-n2c(-c3ccccc3)nc(C)c2-n2ccnc2)c(C)c1. The molecule has 4 aromatic rings. The molecule has 0 atom stereocenters. The molecule has 0 saturated heterocycles. The highest BCUT2D eigenvalue weighted by atomic mass is 15.2. The fraction of sp³-hybridized carbons (Fsp3) is 0.182. The van der Waals surface area contributed by atoms with Crippen LogP contribution in [0.15, 0.2) is 61.2 Å². The second-order valence-electron chi connectivity index (χ2n) is 6.76. The third-order valence-electron chi connectivity index (χ3n) is 4.66. The summed E-state index contributed by atoms with van der Waals surface area (Å²) >= 11 is 0. The third-order valence-corrected chi connectivity index (χ3v) is 4.66. The van der Waals surface area contributed by atoms with Crippen molar-refractivity contribution in [2.45, 2.75) is 27.7 Å². The van der Waals surface area contributed by atoms with E-state index >= 15 is 0 Å². The van der Waals surface area contributed by atoms with Gasteiger partial charge < -0.3 is 0 Å². The van der Waals surface area contributed by atoms with Gasteiger partial charge in [-0.3, -0.25) is 9.13 Å². The van der Waals surface area contributed by atoms with Crippen LogP contribution in [-0.2, 0) is 0 Å². The lowest BCUT2D eigenvalue weighted by Gasteiger charge is -2.18. The highest BCUT2D eigenvalue weighted by Crippen LogP contribution is 2.32. The number of rotatable bonds is 3. The summed E-state index contributed by atoms with van der Waals surface area (Å²) < 4.78 is 4.30. The highest BCUT2D eigenvalue weighted by molar-refractivity contribution is 5.66. The van der Waals surface area contributed by atoms with Crippen molar-refractivity contribution in [1.82, 2.24) is 19.1 Å². The maximum absolute atomic E-state index is 4.93. The molecule has 2 aromatic carbocycles. The Kier molecular flexibility index (Phi) is 3.96. The Morgan fingerprint density at radius 3 is 2.19 bits per heavy atom. The summed E-state index contributed by atoms with van der Waals surface area (Å²) in [5.41, 5.74) is 6.99. The van der Waals surface area contributed by atoms with Gasteiger partial charge in [-0.1, -0.05) is 48.0 Å². The Balaban J connectivity index is 2.10. The predicted octanol–water partition coefficient (Wildman–Crippen LogP) is 4.96. The zero-order valence-electron chi connectivity index (χ0n) is 15.6. The molecule has 0 bridgehead atoms. The molecule has 130 valence electrons. The summed E-state index contributed by atoms with van der Waals surface area (Å²) in [6.45, 7) is 8.52. The van der Waals surface area contributed by atoms with E-state index in [9.17, 15) is 0 Å². The molecule has 0 aliphatic rings. The van der Waals surface area contributed by atoms with Crippen molar-refractivity contribution in [1.29, 1.82) is 0 Å². The van der Waals surface area contributed by atoms with E-state index in [1.54, 1.807) is 6.20 Å². The van der Waals surface area contributed by atoms with Gasteiger partial charge in [0, 0.05) is 18.0 Å². The summed E-state index contributed by atoms with van der Waals surface area (Å²) in [4.78, 5) is 9.17. The number of imidazole rings is 2. The van der Waals surface area contributed by atoms with Crippen LogP contribution in [0.4, 0.5) is 0 Å². The quantitative estimate of drug-likeness (QED) is 0.527. The van der Waals surface area contributed by atoms with Crippen LogP contribution in [0.3, 0.4) is 0 Å². The normalized spacial score (nSPS) is 11.1. The Bertz CT molecular complexity index is 1030. The molecule has 0 aliphatic heterocycles. The second-order valence-corrected chi connectivity index (χ2v) is 6.76. The summed E-state index contributed by atoms with van der Waals surface area (Å²) in [7, 11) is 0. The Morgan fingerprint density at radius 1 is 0.885 bits per heavy atom. The molecular formula is C22H22N4. The van der Waals surface area contributed by atoms with Gasteiger partial charge >= 0.3 is 0 Å². The van der Waals surface area contributed by atoms with Gasteiger partial charge in [-0.05, 0) is 38.8 Å². The summed E-state index contributed by atoms with van der Waals surface area (Å²) in [6, 6.07) is 14.8. The topological polar surface area (TPSA) is 35.6 Å². The van der Waals surface area contributed by atoms with Gasteiger partial charge in [-0.25, -0.2) is 9.97 Å². The monoisotopic (exact) mass is 342 g/mol. The maximum Gasteiger partial charge on any atom is 0.146 e. The van der Waals surface area contributed by atoms with Crippen LogP contribution >= 0.6 is 0 Å². The van der Waals surface area contributed by atoms with Gasteiger partial charge in [0.25, 0.3) is 0 Å². The summed E-state index contributed by atoms with van der Waals surface area (Å²) in [5.74, 6) is 1.97. The van der Waals surface area contributed by atoms with E-state index < -0.39 is 0 Å². The standard InChI is InChI=1S/C22H22N4/c1-15-12-16(2)20(17(3)13-15)26-21(19-8-6-5-7-9-19)24-18(4)22(26)25-11-10-23-14-25/h5-14H,1-4H3. The second kappa shape index (κ2) is 6.30. The van der Waals surface area contributed by atoms with Crippen molar-refractivity contribution in [3.05, 3.63) is 83.6 Å². The molecule has 26 heavy (non-hydrogen) atoms. The van der Waals surface area contributed by atoms with E-state index in [1.807, 2.05) is 23.2 Å². The molecule has 2 heterocycles. The molecule has 0 fully saturated rings. The van der Waals surface area contributed by atoms with E-state index in [0.717, 1.165) is 22.9 Å². The van der Waals surface area contributed by atoms with Crippen molar-refractivity contribution < 1.29 is 0 Å². The number of hydrogen-bond acceptors (Lipinski definition) is 2. The van der Waals surface area contributed by atoms with Gasteiger partial charge in [-0.2, -0.15) is 0 Å². The predicted molar refractivity (Wildman–Crippen MR) is 105 cm³/mol. The van der Waals surface area contributed by atoms with E-state index in [1.165, 1.54) is 22.4 Å². The minimum Gasteiger partial charge on any atom is -0.290 e. The average Bonchev–Trinajstić information content (AvgIpc) is 3.23. The van der Waals surface area contributed by atoms with Crippen LogP contribution in [0.2, 0.25) is 0 Å². The smallest absolute Gasteiger partial charge is 0.146 e. The molecule has 4 heteroatoms. The van der Waals surface area contributed by atoms with Gasteiger partial charge in [0.1, 0.15) is 18.0 Å². The van der Waals surface area contributed by atoms with Crippen LogP contribution in [0.5, 0.6) is 0 Å². The molecule has 4 rings (SSSR count). The minimum atomic E-state index is 0.946. The van der Waals surface area contributed by atoms with Crippen LogP contribution < -0.4 is 0 Å². The minimum absolute atomic E-state index is 0.946. The first-order chi connectivity index (χ1) is 12.6. The molecular weight excluding hydrogens is 320 g/mol. The number of benzene rings is 2. The van der Waals surface area contributed by atoms with Crippen molar-refractivity contribution in [2.75, 3.05) is 0 Å². The Hall–Kier alpha value is -3.14. The fourth-order valence-electron chi connectivity index (χ4n) is 3.73. The molecule has 0 aliphatic carbocycles. The molecule has 0 spiro atoms. The molecule has 2 aromatic heterocycles. The van der Waals surface area contributed by atoms with Crippen molar-refractivity contribution >= 4 is 0 Å². The Morgan fingerprint density at radius 2 is 1.58 bits per heavy atom. The number of nitrogens with zero attached hydrogens (tertiary/aromatic N) is 4. The van der Waals surface area contributed by atoms with Crippen molar-refractivity contribution in [2.24, 2.45) is 0 Å². The zero-order chi connectivity index (χ0) is 18.3. The molecule has 4 nitrogen and oxygen atoms in total. The van der Waals surface area contributed by atoms with Gasteiger partial charge in [0.05, 0.1) is 11.4 Å². The molecule has 0 unspecified atom stereocenters. The van der Waals surface area contributed by atoms with Crippen LogP contribution in [0.25, 0.3) is 22.9 Å². The lowest BCUT2D eigenvalue weighted by atomic mass is 10.0.